The minimum Gasteiger partial charge on any atom is -0.347 e. The Balaban J connectivity index is 1.79. The number of pyridine rings is 1. The first kappa shape index (κ1) is 16.0. The summed E-state index contributed by atoms with van der Waals surface area (Å²) in [5, 5.41) is 4.54. The Morgan fingerprint density at radius 3 is 2.58 bits per heavy atom. The summed E-state index contributed by atoms with van der Waals surface area (Å²) < 4.78 is 1.98. The third-order valence-corrected chi connectivity index (χ3v) is 4.62. The summed E-state index contributed by atoms with van der Waals surface area (Å²) in [5.41, 5.74) is 3.28. The zero-order chi connectivity index (χ0) is 18.1. The van der Waals surface area contributed by atoms with Crippen molar-refractivity contribution in [3.8, 4) is 0 Å². The van der Waals surface area contributed by atoms with Gasteiger partial charge in [0.25, 0.3) is 5.91 Å². The van der Waals surface area contributed by atoms with E-state index in [4.69, 9.17) is 0 Å². The molecule has 1 N–H and O–H groups in total. The highest BCUT2D eigenvalue weighted by atomic mass is 16.2. The van der Waals surface area contributed by atoms with Gasteiger partial charge in [0, 0.05) is 29.9 Å². The molecule has 0 atom stereocenters. The van der Waals surface area contributed by atoms with Gasteiger partial charge in [0.2, 0.25) is 0 Å². The van der Waals surface area contributed by atoms with Gasteiger partial charge in [-0.05, 0) is 11.6 Å². The van der Waals surface area contributed by atoms with Crippen LogP contribution >= 0.6 is 0 Å². The Hall–Kier alpha value is -3.47. The van der Waals surface area contributed by atoms with Crippen LogP contribution in [0.1, 0.15) is 26.4 Å². The van der Waals surface area contributed by atoms with E-state index in [0.29, 0.717) is 12.1 Å². The third-order valence-electron chi connectivity index (χ3n) is 4.62. The molecule has 1 amide bonds. The number of hydrogen-bond donors (Lipinski definition) is 1. The predicted octanol–water partition coefficient (Wildman–Crippen LogP) is 3.47. The second-order valence-electron chi connectivity index (χ2n) is 6.14. The molecule has 2 aromatic carbocycles. The highest BCUT2D eigenvalue weighted by molar-refractivity contribution is 6.17. The number of hydrogen-bond acceptors (Lipinski definition) is 3. The van der Waals surface area contributed by atoms with Crippen molar-refractivity contribution in [2.45, 2.75) is 6.54 Å². The van der Waals surface area contributed by atoms with Gasteiger partial charge >= 0.3 is 0 Å². The summed E-state index contributed by atoms with van der Waals surface area (Å²) in [6.07, 6.45) is 2.37. The Morgan fingerprint density at radius 2 is 1.81 bits per heavy atom. The number of nitrogens with zero attached hydrogens (tertiary/aromatic N) is 2. The van der Waals surface area contributed by atoms with Crippen molar-refractivity contribution in [2.24, 2.45) is 7.05 Å². The molecular formula is C21H17N3O2. The fraction of sp³-hybridized carbons (Fsp3) is 0.0952. The Kier molecular flexibility index (Phi) is 3.97. The number of carbonyl (C=O) groups excluding carboxylic acids is 2. The fourth-order valence-corrected chi connectivity index (χ4v) is 3.32. The van der Waals surface area contributed by atoms with Crippen LogP contribution in [0.25, 0.3) is 21.8 Å². The lowest BCUT2D eigenvalue weighted by molar-refractivity contribution is 0.0940. The number of carbonyl (C=O) groups is 2. The van der Waals surface area contributed by atoms with Gasteiger partial charge in [-0.2, -0.15) is 0 Å². The lowest BCUT2D eigenvalue weighted by Gasteiger charge is -2.08. The standard InChI is InChI=1S/C21H17N3O2/c1-24-17-10-6-5-9-15(17)19-16(13-25)20(22-12-18(19)24)21(26)23-11-14-7-3-2-4-8-14/h2-10,12-13H,11H2,1H3,(H,23,26). The van der Waals surface area contributed by atoms with Gasteiger partial charge in [0.05, 0.1) is 17.3 Å². The van der Waals surface area contributed by atoms with Gasteiger partial charge in [0.1, 0.15) is 5.69 Å². The molecule has 0 aliphatic heterocycles. The maximum Gasteiger partial charge on any atom is 0.270 e. The highest BCUT2D eigenvalue weighted by Gasteiger charge is 2.20. The van der Waals surface area contributed by atoms with Crippen LogP contribution in [0.2, 0.25) is 0 Å². The average molecular weight is 343 g/mol. The van der Waals surface area contributed by atoms with Gasteiger partial charge in [-0.3, -0.25) is 9.59 Å². The molecule has 26 heavy (non-hydrogen) atoms. The molecule has 5 heteroatoms. The summed E-state index contributed by atoms with van der Waals surface area (Å²) in [6.45, 7) is 0.382. The molecule has 0 bridgehead atoms. The summed E-state index contributed by atoms with van der Waals surface area (Å²) >= 11 is 0. The lowest BCUT2D eigenvalue weighted by Crippen LogP contribution is -2.25. The molecule has 0 unspecified atom stereocenters. The van der Waals surface area contributed by atoms with Gasteiger partial charge in [-0.1, -0.05) is 48.5 Å². The number of aldehydes is 1. The van der Waals surface area contributed by atoms with E-state index in [-0.39, 0.29) is 11.6 Å². The molecule has 0 aliphatic carbocycles. The monoisotopic (exact) mass is 343 g/mol. The van der Waals surface area contributed by atoms with E-state index < -0.39 is 0 Å². The fourth-order valence-electron chi connectivity index (χ4n) is 3.32. The van der Waals surface area contributed by atoms with Crippen LogP contribution in [-0.2, 0) is 13.6 Å². The van der Waals surface area contributed by atoms with Crippen LogP contribution in [0.5, 0.6) is 0 Å². The number of rotatable bonds is 4. The van der Waals surface area contributed by atoms with Crippen molar-refractivity contribution >= 4 is 34.0 Å². The third kappa shape index (κ3) is 2.54. The zero-order valence-corrected chi connectivity index (χ0v) is 14.3. The van der Waals surface area contributed by atoms with Crippen LogP contribution in [0, 0.1) is 0 Å². The number of aryl methyl sites for hydroxylation is 1. The Morgan fingerprint density at radius 1 is 1.08 bits per heavy atom. The lowest BCUT2D eigenvalue weighted by atomic mass is 10.1. The van der Waals surface area contributed by atoms with Crippen LogP contribution in [0.3, 0.4) is 0 Å². The van der Waals surface area contributed by atoms with E-state index in [1.54, 1.807) is 6.20 Å². The number of benzene rings is 2. The predicted molar refractivity (Wildman–Crippen MR) is 101 cm³/mol. The molecule has 4 aromatic rings. The van der Waals surface area contributed by atoms with E-state index in [1.807, 2.05) is 66.2 Å². The molecule has 128 valence electrons. The molecule has 0 saturated heterocycles. The first-order chi connectivity index (χ1) is 12.7. The quantitative estimate of drug-likeness (QED) is 0.577. The number of fused-ring (bicyclic) bond motifs is 3. The minimum absolute atomic E-state index is 0.153. The van der Waals surface area contributed by atoms with Crippen LogP contribution in [0.4, 0.5) is 0 Å². The number of aromatic nitrogens is 2. The summed E-state index contributed by atoms with van der Waals surface area (Å²) in [4.78, 5) is 28.8. The highest BCUT2D eigenvalue weighted by Crippen LogP contribution is 2.30. The van der Waals surface area contributed by atoms with Gasteiger partial charge < -0.3 is 9.88 Å². The van der Waals surface area contributed by atoms with Crippen molar-refractivity contribution < 1.29 is 9.59 Å². The molecule has 0 saturated carbocycles. The van der Waals surface area contributed by atoms with Crippen molar-refractivity contribution in [3.05, 3.63) is 77.6 Å². The van der Waals surface area contributed by atoms with Crippen molar-refractivity contribution in [1.29, 1.82) is 0 Å². The van der Waals surface area contributed by atoms with Crippen molar-refractivity contribution in [1.82, 2.24) is 14.9 Å². The molecule has 5 nitrogen and oxygen atoms in total. The average Bonchev–Trinajstić information content (AvgIpc) is 2.99. The van der Waals surface area contributed by atoms with Crippen LogP contribution in [-0.4, -0.2) is 21.7 Å². The summed E-state index contributed by atoms with van der Waals surface area (Å²) in [6, 6.07) is 17.4. The smallest absolute Gasteiger partial charge is 0.270 e. The molecule has 0 radical (unpaired) electrons. The van der Waals surface area contributed by atoms with E-state index >= 15 is 0 Å². The maximum atomic E-state index is 12.6. The topological polar surface area (TPSA) is 64.0 Å². The molecule has 0 spiro atoms. The SMILES string of the molecule is Cn1c2ccccc2c2c(C=O)c(C(=O)NCc3ccccc3)ncc21. The number of nitrogens with one attached hydrogen (secondary N) is 1. The minimum atomic E-state index is -0.356. The maximum absolute atomic E-state index is 12.6. The molecule has 2 aromatic heterocycles. The van der Waals surface area contributed by atoms with Crippen LogP contribution < -0.4 is 5.32 Å². The summed E-state index contributed by atoms with van der Waals surface area (Å²) in [5.74, 6) is -0.356. The van der Waals surface area contributed by atoms with E-state index in [2.05, 4.69) is 10.3 Å². The summed E-state index contributed by atoms with van der Waals surface area (Å²) in [7, 11) is 1.93. The van der Waals surface area contributed by atoms with Crippen LogP contribution in [0.15, 0.2) is 60.8 Å². The molecule has 4 rings (SSSR count). The second-order valence-corrected chi connectivity index (χ2v) is 6.14. The largest absolute Gasteiger partial charge is 0.347 e. The Labute approximate surface area is 150 Å². The zero-order valence-electron chi connectivity index (χ0n) is 14.3. The van der Waals surface area contributed by atoms with Gasteiger partial charge in [-0.15, -0.1) is 0 Å². The second kappa shape index (κ2) is 6.44. The molecular weight excluding hydrogens is 326 g/mol. The van der Waals surface area contributed by atoms with Crippen molar-refractivity contribution in [3.63, 3.8) is 0 Å². The van der Waals surface area contributed by atoms with Gasteiger partial charge in [0.15, 0.2) is 6.29 Å². The normalized spacial score (nSPS) is 11.0. The molecule has 0 fully saturated rings. The number of para-hydroxylation sites is 1. The molecule has 2 heterocycles. The first-order valence-electron chi connectivity index (χ1n) is 8.34. The van der Waals surface area contributed by atoms with E-state index in [1.165, 1.54) is 0 Å². The van der Waals surface area contributed by atoms with Gasteiger partial charge in [-0.25, -0.2) is 4.98 Å². The van der Waals surface area contributed by atoms with E-state index in [9.17, 15) is 9.59 Å². The first-order valence-corrected chi connectivity index (χ1v) is 8.34. The van der Waals surface area contributed by atoms with E-state index in [0.717, 1.165) is 33.7 Å². The number of amides is 1. The van der Waals surface area contributed by atoms with Crippen molar-refractivity contribution in [2.75, 3.05) is 0 Å². The molecule has 0 aliphatic rings. The Bertz CT molecular complexity index is 1130.